The number of carboxylic acids is 1. The zero-order valence-corrected chi connectivity index (χ0v) is 13.7. The maximum absolute atomic E-state index is 10.2. The van der Waals surface area contributed by atoms with Gasteiger partial charge in [0.25, 0.3) is 0 Å². The van der Waals surface area contributed by atoms with Crippen LogP contribution in [0.1, 0.15) is 85.0 Å². The molecule has 0 amide bonds. The van der Waals surface area contributed by atoms with Crippen molar-refractivity contribution < 1.29 is 15.0 Å². The van der Waals surface area contributed by atoms with Crippen LogP contribution in [-0.2, 0) is 4.79 Å². The summed E-state index contributed by atoms with van der Waals surface area (Å²) in [6.07, 6.45) is 11.1. The second-order valence-electron chi connectivity index (χ2n) is 5.21. The van der Waals surface area contributed by atoms with E-state index in [2.05, 4.69) is 12.2 Å². The number of nitrogens with one attached hydrogen (secondary N) is 1. The second-order valence-corrected chi connectivity index (χ2v) is 5.21. The van der Waals surface area contributed by atoms with Gasteiger partial charge in [0.15, 0.2) is 0 Å². The number of aliphatic hydroxyl groups excluding tert-OH is 1. The molecule has 0 aliphatic rings. The Labute approximate surface area is 125 Å². The van der Waals surface area contributed by atoms with E-state index in [0.29, 0.717) is 6.42 Å². The minimum atomic E-state index is -0.659. The zero-order chi connectivity index (χ0) is 15.6. The summed E-state index contributed by atoms with van der Waals surface area (Å²) < 4.78 is 0. The van der Waals surface area contributed by atoms with E-state index in [1.807, 2.05) is 6.92 Å². The minimum absolute atomic E-state index is 0.343. The predicted octanol–water partition coefficient (Wildman–Crippen LogP) is 3.93. The van der Waals surface area contributed by atoms with Crippen molar-refractivity contribution >= 4 is 5.97 Å². The molecule has 0 aliphatic heterocycles. The maximum atomic E-state index is 10.2. The number of hydrogen-bond donors (Lipinski definition) is 3. The van der Waals surface area contributed by atoms with Crippen molar-refractivity contribution in [3.8, 4) is 0 Å². The molecule has 0 rings (SSSR count). The van der Waals surface area contributed by atoms with E-state index >= 15 is 0 Å². The summed E-state index contributed by atoms with van der Waals surface area (Å²) in [6, 6.07) is 0. The summed E-state index contributed by atoms with van der Waals surface area (Å²) >= 11 is 0. The summed E-state index contributed by atoms with van der Waals surface area (Å²) in [5.74, 6) is -0.659. The molecule has 0 aromatic carbocycles. The SMILES string of the molecule is CCCCCCCCCCCC(=O)O.CCNC(C)O. The standard InChI is InChI=1S/C12H24O2.C4H11NO/c1-2-3-4-5-6-7-8-9-10-11-12(13)14;1-3-5-4(2)6/h2-11H2,1H3,(H,13,14);4-6H,3H2,1-2H3. The van der Waals surface area contributed by atoms with Crippen molar-refractivity contribution in [2.45, 2.75) is 91.2 Å². The first-order valence-electron chi connectivity index (χ1n) is 8.17. The molecule has 0 radical (unpaired) electrons. The van der Waals surface area contributed by atoms with E-state index in [-0.39, 0.29) is 6.23 Å². The molecule has 0 saturated carbocycles. The molecule has 1 unspecified atom stereocenters. The molecule has 0 heterocycles. The summed E-state index contributed by atoms with van der Waals surface area (Å²) in [5.41, 5.74) is 0. The molecule has 0 aliphatic carbocycles. The third kappa shape index (κ3) is 26.1. The summed E-state index contributed by atoms with van der Waals surface area (Å²) in [7, 11) is 0. The highest BCUT2D eigenvalue weighted by atomic mass is 16.4. The topological polar surface area (TPSA) is 69.6 Å². The van der Waals surface area contributed by atoms with Crippen molar-refractivity contribution in [2.75, 3.05) is 6.54 Å². The van der Waals surface area contributed by atoms with Crippen LogP contribution >= 0.6 is 0 Å². The normalized spacial score (nSPS) is 11.6. The Hall–Kier alpha value is -0.610. The molecule has 0 aromatic rings. The van der Waals surface area contributed by atoms with E-state index in [1.165, 1.54) is 44.9 Å². The maximum Gasteiger partial charge on any atom is 0.303 e. The molecule has 4 nitrogen and oxygen atoms in total. The summed E-state index contributed by atoms with van der Waals surface area (Å²) in [6.45, 7) is 6.71. The lowest BCUT2D eigenvalue weighted by molar-refractivity contribution is -0.137. The van der Waals surface area contributed by atoms with E-state index in [0.717, 1.165) is 19.4 Å². The van der Waals surface area contributed by atoms with E-state index in [4.69, 9.17) is 10.2 Å². The molecule has 0 aromatic heterocycles. The number of unbranched alkanes of at least 4 members (excludes halogenated alkanes) is 8. The van der Waals surface area contributed by atoms with Crippen LogP contribution in [0, 0.1) is 0 Å². The first kappa shape index (κ1) is 21.7. The number of carboxylic acid groups (broad SMARTS) is 1. The summed E-state index contributed by atoms with van der Waals surface area (Å²) in [4.78, 5) is 10.2. The van der Waals surface area contributed by atoms with Crippen LogP contribution in [0.25, 0.3) is 0 Å². The predicted molar refractivity (Wildman–Crippen MR) is 84.8 cm³/mol. The highest BCUT2D eigenvalue weighted by molar-refractivity contribution is 5.66. The monoisotopic (exact) mass is 289 g/mol. The molecule has 1 atom stereocenters. The molecule has 0 spiro atoms. The van der Waals surface area contributed by atoms with Crippen LogP contribution in [0.4, 0.5) is 0 Å². The Morgan fingerprint density at radius 3 is 1.70 bits per heavy atom. The average Bonchev–Trinajstić information content (AvgIpc) is 2.37. The highest BCUT2D eigenvalue weighted by Gasteiger charge is 1.96. The molecule has 0 fully saturated rings. The summed E-state index contributed by atoms with van der Waals surface area (Å²) in [5, 5.41) is 19.6. The first-order chi connectivity index (χ1) is 9.54. The van der Waals surface area contributed by atoms with Gasteiger partial charge in [-0.05, 0) is 19.9 Å². The van der Waals surface area contributed by atoms with E-state index in [1.54, 1.807) is 6.92 Å². The fraction of sp³-hybridized carbons (Fsp3) is 0.938. The van der Waals surface area contributed by atoms with Crippen molar-refractivity contribution in [3.63, 3.8) is 0 Å². The Bertz CT molecular complexity index is 196. The Morgan fingerprint density at radius 1 is 0.950 bits per heavy atom. The molecule has 3 N–H and O–H groups in total. The number of aliphatic carboxylic acids is 1. The Balaban J connectivity index is 0. The van der Waals surface area contributed by atoms with Gasteiger partial charge < -0.3 is 10.2 Å². The average molecular weight is 289 g/mol. The molecule has 20 heavy (non-hydrogen) atoms. The quantitative estimate of drug-likeness (QED) is 0.376. The third-order valence-electron chi connectivity index (χ3n) is 2.99. The molecule has 4 heteroatoms. The van der Waals surface area contributed by atoms with Crippen LogP contribution in [0.2, 0.25) is 0 Å². The minimum Gasteiger partial charge on any atom is -0.481 e. The second kappa shape index (κ2) is 18.4. The number of aliphatic hydroxyl groups is 1. The van der Waals surface area contributed by atoms with Crippen molar-refractivity contribution in [3.05, 3.63) is 0 Å². The van der Waals surface area contributed by atoms with Crippen molar-refractivity contribution in [1.29, 1.82) is 0 Å². The number of rotatable bonds is 12. The van der Waals surface area contributed by atoms with E-state index in [9.17, 15) is 4.79 Å². The lowest BCUT2D eigenvalue weighted by Gasteiger charge is -2.00. The molecular formula is C16H35NO3. The molecule has 0 saturated heterocycles. The molecular weight excluding hydrogens is 254 g/mol. The van der Waals surface area contributed by atoms with Gasteiger partial charge >= 0.3 is 5.97 Å². The first-order valence-corrected chi connectivity index (χ1v) is 8.17. The van der Waals surface area contributed by atoms with Gasteiger partial charge in [-0.15, -0.1) is 0 Å². The van der Waals surface area contributed by atoms with Gasteiger partial charge in [-0.2, -0.15) is 0 Å². The van der Waals surface area contributed by atoms with Gasteiger partial charge in [-0.25, -0.2) is 0 Å². The lowest BCUT2D eigenvalue weighted by Crippen LogP contribution is -2.24. The molecule has 122 valence electrons. The van der Waals surface area contributed by atoms with Gasteiger partial charge in [-0.1, -0.05) is 65.2 Å². The smallest absolute Gasteiger partial charge is 0.303 e. The van der Waals surface area contributed by atoms with Gasteiger partial charge in [0.1, 0.15) is 6.23 Å². The zero-order valence-electron chi connectivity index (χ0n) is 13.7. The largest absolute Gasteiger partial charge is 0.481 e. The van der Waals surface area contributed by atoms with E-state index < -0.39 is 5.97 Å². The lowest BCUT2D eigenvalue weighted by atomic mass is 10.1. The van der Waals surface area contributed by atoms with Gasteiger partial charge in [-0.3, -0.25) is 10.1 Å². The Kier molecular flexibility index (Phi) is 19.9. The number of hydrogen-bond acceptors (Lipinski definition) is 3. The fourth-order valence-electron chi connectivity index (χ4n) is 1.88. The van der Waals surface area contributed by atoms with Crippen LogP contribution in [0.3, 0.4) is 0 Å². The van der Waals surface area contributed by atoms with Crippen LogP contribution in [0.15, 0.2) is 0 Å². The van der Waals surface area contributed by atoms with Crippen molar-refractivity contribution in [1.82, 2.24) is 5.32 Å². The van der Waals surface area contributed by atoms with Crippen LogP contribution < -0.4 is 5.32 Å². The van der Waals surface area contributed by atoms with Gasteiger partial charge in [0.05, 0.1) is 0 Å². The fourth-order valence-corrected chi connectivity index (χ4v) is 1.88. The Morgan fingerprint density at radius 2 is 1.40 bits per heavy atom. The third-order valence-corrected chi connectivity index (χ3v) is 2.99. The van der Waals surface area contributed by atoms with Gasteiger partial charge in [0.2, 0.25) is 0 Å². The van der Waals surface area contributed by atoms with Gasteiger partial charge in [0, 0.05) is 6.42 Å². The van der Waals surface area contributed by atoms with Crippen LogP contribution in [0.5, 0.6) is 0 Å². The highest BCUT2D eigenvalue weighted by Crippen LogP contribution is 2.10. The van der Waals surface area contributed by atoms with Crippen LogP contribution in [-0.4, -0.2) is 29.0 Å². The number of carbonyl (C=O) groups is 1. The van der Waals surface area contributed by atoms with Crippen molar-refractivity contribution in [2.24, 2.45) is 0 Å². The molecule has 0 bridgehead atoms.